The Morgan fingerprint density at radius 1 is 1.27 bits per heavy atom. The first kappa shape index (κ1) is 19.5. The van der Waals surface area contributed by atoms with Gasteiger partial charge in [-0.15, -0.1) is 0 Å². The monoisotopic (exact) mass is 360 g/mol. The molecular weight excluding hydrogens is 336 g/mol. The van der Waals surface area contributed by atoms with E-state index >= 15 is 0 Å². The first-order valence-electron chi connectivity index (χ1n) is 8.58. The van der Waals surface area contributed by atoms with Gasteiger partial charge >= 0.3 is 5.97 Å². The fraction of sp³-hybridized carbons (Fsp3) is 0.421. The van der Waals surface area contributed by atoms with Crippen LogP contribution in [-0.4, -0.2) is 46.7 Å². The van der Waals surface area contributed by atoms with Crippen LogP contribution in [0.25, 0.3) is 0 Å². The van der Waals surface area contributed by atoms with E-state index in [9.17, 15) is 14.4 Å². The van der Waals surface area contributed by atoms with Gasteiger partial charge in [0.25, 0.3) is 5.91 Å². The Bertz CT molecular complexity index is 804. The summed E-state index contributed by atoms with van der Waals surface area (Å²) in [4.78, 5) is 42.0. The topological polar surface area (TPSA) is 92.6 Å². The molecule has 7 nitrogen and oxygen atoms in total. The van der Waals surface area contributed by atoms with Gasteiger partial charge in [-0.25, -0.2) is 4.79 Å². The molecule has 0 aliphatic carbocycles. The highest BCUT2D eigenvalue weighted by Gasteiger charge is 2.31. The number of aromatic amines is 1. The SMILES string of the molecule is CCOC(=O)c1[nH]c(C)c(C(=O)[C@@H](C)N(CC)C(=O)c2ccco2)c1C. The van der Waals surface area contributed by atoms with E-state index in [4.69, 9.17) is 9.15 Å². The van der Waals surface area contributed by atoms with Crippen molar-refractivity contribution in [3.05, 3.63) is 46.7 Å². The third-order valence-corrected chi connectivity index (χ3v) is 4.34. The van der Waals surface area contributed by atoms with Crippen LogP contribution < -0.4 is 0 Å². The lowest BCUT2D eigenvalue weighted by atomic mass is 9.99. The maximum Gasteiger partial charge on any atom is 0.355 e. The molecule has 0 radical (unpaired) electrons. The molecule has 0 fully saturated rings. The zero-order chi connectivity index (χ0) is 19.4. The molecule has 2 heterocycles. The molecule has 0 saturated heterocycles. The minimum absolute atomic E-state index is 0.182. The standard InChI is InChI=1S/C19H24N2O5/c1-6-21(18(23)14-9-8-10-26-14)13(5)17(22)15-11(3)16(20-12(15)4)19(24)25-7-2/h8-10,13,20H,6-7H2,1-5H3/t13-/m1/s1. The van der Waals surface area contributed by atoms with E-state index in [2.05, 4.69) is 4.98 Å². The summed E-state index contributed by atoms with van der Waals surface area (Å²) in [5.41, 5.74) is 1.77. The summed E-state index contributed by atoms with van der Waals surface area (Å²) in [5.74, 6) is -0.914. The molecule has 7 heteroatoms. The van der Waals surface area contributed by atoms with Crippen molar-refractivity contribution in [1.82, 2.24) is 9.88 Å². The zero-order valence-electron chi connectivity index (χ0n) is 15.7. The highest BCUT2D eigenvalue weighted by Crippen LogP contribution is 2.22. The summed E-state index contributed by atoms with van der Waals surface area (Å²) in [6, 6.07) is 2.48. The van der Waals surface area contributed by atoms with Gasteiger partial charge in [-0.2, -0.15) is 0 Å². The lowest BCUT2D eigenvalue weighted by Gasteiger charge is -2.26. The third-order valence-electron chi connectivity index (χ3n) is 4.34. The molecule has 1 atom stereocenters. The zero-order valence-corrected chi connectivity index (χ0v) is 15.7. The van der Waals surface area contributed by atoms with Crippen molar-refractivity contribution in [3.63, 3.8) is 0 Å². The molecule has 140 valence electrons. The Hall–Kier alpha value is -2.83. The number of Topliss-reactive ketones (excluding diaryl/α,β-unsaturated/α-hetero) is 1. The van der Waals surface area contributed by atoms with Crippen LogP contribution in [0.4, 0.5) is 0 Å². The Balaban J connectivity index is 2.32. The molecule has 1 amide bonds. The van der Waals surface area contributed by atoms with Crippen LogP contribution in [-0.2, 0) is 4.74 Å². The van der Waals surface area contributed by atoms with E-state index in [-0.39, 0.29) is 29.8 Å². The van der Waals surface area contributed by atoms with Gasteiger partial charge in [-0.1, -0.05) is 0 Å². The number of esters is 1. The van der Waals surface area contributed by atoms with Crippen molar-refractivity contribution < 1.29 is 23.5 Å². The molecule has 26 heavy (non-hydrogen) atoms. The smallest absolute Gasteiger partial charge is 0.355 e. The predicted molar refractivity (Wildman–Crippen MR) is 95.4 cm³/mol. The van der Waals surface area contributed by atoms with Gasteiger partial charge < -0.3 is 19.0 Å². The predicted octanol–water partition coefficient (Wildman–Crippen LogP) is 3.13. The van der Waals surface area contributed by atoms with Crippen LogP contribution in [0.2, 0.25) is 0 Å². The maximum absolute atomic E-state index is 13.1. The Kier molecular flexibility index (Phi) is 6.02. The van der Waals surface area contributed by atoms with Crippen molar-refractivity contribution >= 4 is 17.7 Å². The van der Waals surface area contributed by atoms with Gasteiger partial charge in [-0.05, 0) is 52.3 Å². The molecule has 2 aromatic rings. The average molecular weight is 360 g/mol. The van der Waals surface area contributed by atoms with Crippen LogP contribution in [0.5, 0.6) is 0 Å². The van der Waals surface area contributed by atoms with Crippen molar-refractivity contribution in [2.24, 2.45) is 0 Å². The van der Waals surface area contributed by atoms with Crippen molar-refractivity contribution in [3.8, 4) is 0 Å². The molecule has 0 bridgehead atoms. The van der Waals surface area contributed by atoms with Crippen LogP contribution in [0, 0.1) is 13.8 Å². The third kappa shape index (κ3) is 3.56. The number of hydrogen-bond donors (Lipinski definition) is 1. The van der Waals surface area contributed by atoms with Crippen LogP contribution >= 0.6 is 0 Å². The van der Waals surface area contributed by atoms with E-state index in [1.165, 1.54) is 11.2 Å². The molecule has 0 saturated carbocycles. The van der Waals surface area contributed by atoms with Crippen LogP contribution in [0.3, 0.4) is 0 Å². The highest BCUT2D eigenvalue weighted by molar-refractivity contribution is 6.07. The first-order valence-corrected chi connectivity index (χ1v) is 8.58. The van der Waals surface area contributed by atoms with E-state index in [1.54, 1.807) is 46.8 Å². The van der Waals surface area contributed by atoms with Gasteiger partial charge in [0.05, 0.1) is 18.9 Å². The average Bonchev–Trinajstić information content (AvgIpc) is 3.23. The fourth-order valence-electron chi connectivity index (χ4n) is 3.01. The van der Waals surface area contributed by atoms with Crippen LogP contribution in [0.1, 0.15) is 63.4 Å². The number of ketones is 1. The number of likely N-dealkylation sites (N-methyl/N-ethyl adjacent to an activating group) is 1. The number of nitrogens with one attached hydrogen (secondary N) is 1. The molecule has 0 unspecified atom stereocenters. The quantitative estimate of drug-likeness (QED) is 0.605. The molecule has 2 aromatic heterocycles. The highest BCUT2D eigenvalue weighted by atomic mass is 16.5. The van der Waals surface area contributed by atoms with Crippen LogP contribution in [0.15, 0.2) is 22.8 Å². The lowest BCUT2D eigenvalue weighted by molar-refractivity contribution is 0.0518. The first-order chi connectivity index (χ1) is 12.3. The van der Waals surface area contributed by atoms with Crippen molar-refractivity contribution in [2.75, 3.05) is 13.2 Å². The van der Waals surface area contributed by atoms with Crippen molar-refractivity contribution in [1.29, 1.82) is 0 Å². The second kappa shape index (κ2) is 8.03. The van der Waals surface area contributed by atoms with E-state index in [1.807, 2.05) is 0 Å². The summed E-state index contributed by atoms with van der Waals surface area (Å²) in [6.45, 7) is 9.20. The number of ether oxygens (including phenoxy) is 1. The minimum atomic E-state index is -0.708. The number of rotatable bonds is 7. The second-order valence-electron chi connectivity index (χ2n) is 5.95. The number of carbonyl (C=O) groups is 3. The maximum atomic E-state index is 13.1. The minimum Gasteiger partial charge on any atom is -0.461 e. The van der Waals surface area contributed by atoms with Gasteiger partial charge in [-0.3, -0.25) is 9.59 Å². The van der Waals surface area contributed by atoms with Crippen molar-refractivity contribution in [2.45, 2.75) is 40.7 Å². The summed E-state index contributed by atoms with van der Waals surface area (Å²) in [7, 11) is 0. The van der Waals surface area contributed by atoms with E-state index < -0.39 is 12.0 Å². The summed E-state index contributed by atoms with van der Waals surface area (Å²) < 4.78 is 10.2. The molecule has 2 rings (SSSR count). The number of amides is 1. The largest absolute Gasteiger partial charge is 0.461 e. The van der Waals surface area contributed by atoms with E-state index in [0.29, 0.717) is 23.4 Å². The van der Waals surface area contributed by atoms with Gasteiger partial charge in [0.15, 0.2) is 11.5 Å². The molecule has 0 aliphatic heterocycles. The van der Waals surface area contributed by atoms with E-state index in [0.717, 1.165) is 0 Å². The summed E-state index contributed by atoms with van der Waals surface area (Å²) in [5, 5.41) is 0. The number of carbonyl (C=O) groups excluding carboxylic acids is 3. The summed E-state index contributed by atoms with van der Waals surface area (Å²) >= 11 is 0. The number of hydrogen-bond acceptors (Lipinski definition) is 5. The lowest BCUT2D eigenvalue weighted by Crippen LogP contribution is -2.43. The van der Waals surface area contributed by atoms with Gasteiger partial charge in [0.1, 0.15) is 5.69 Å². The molecule has 0 aromatic carbocycles. The number of H-pyrrole nitrogens is 1. The Morgan fingerprint density at radius 3 is 2.50 bits per heavy atom. The molecule has 0 spiro atoms. The number of furan rings is 1. The van der Waals surface area contributed by atoms with Gasteiger partial charge in [0, 0.05) is 17.8 Å². The Labute approximate surface area is 152 Å². The number of nitrogens with zero attached hydrogens (tertiary/aromatic N) is 1. The molecule has 0 aliphatic rings. The molecular formula is C19H24N2O5. The molecule has 1 N–H and O–H groups in total. The number of aryl methyl sites for hydroxylation is 1. The summed E-state index contributed by atoms with van der Waals surface area (Å²) in [6.07, 6.45) is 1.42. The number of aromatic nitrogens is 1. The second-order valence-corrected chi connectivity index (χ2v) is 5.95. The normalized spacial score (nSPS) is 11.9. The Morgan fingerprint density at radius 2 is 1.96 bits per heavy atom. The fourth-order valence-corrected chi connectivity index (χ4v) is 3.01. The van der Waals surface area contributed by atoms with Gasteiger partial charge in [0.2, 0.25) is 0 Å².